The summed E-state index contributed by atoms with van der Waals surface area (Å²) < 4.78 is 0. The molecule has 0 radical (unpaired) electrons. The first-order chi connectivity index (χ1) is 13.9. The Morgan fingerprint density at radius 3 is 2.34 bits per heavy atom. The number of anilines is 1. The van der Waals surface area contributed by atoms with Crippen molar-refractivity contribution in [2.45, 2.75) is 18.9 Å². The van der Waals surface area contributed by atoms with Crippen molar-refractivity contribution < 1.29 is 14.4 Å². The molecule has 0 aliphatic carbocycles. The summed E-state index contributed by atoms with van der Waals surface area (Å²) in [6.45, 7) is 1.12. The molecule has 4 amide bonds. The average molecular weight is 387 g/mol. The normalized spacial score (nSPS) is 18.0. The van der Waals surface area contributed by atoms with Gasteiger partial charge in [-0.2, -0.15) is 10.5 Å². The Kier molecular flexibility index (Phi) is 5.29. The molecule has 1 aliphatic rings. The second kappa shape index (κ2) is 7.83. The molecule has 0 bridgehead atoms. The van der Waals surface area contributed by atoms with Crippen molar-refractivity contribution >= 4 is 23.5 Å². The van der Waals surface area contributed by atoms with E-state index in [4.69, 9.17) is 10.5 Å². The molecule has 1 unspecified atom stereocenters. The summed E-state index contributed by atoms with van der Waals surface area (Å²) in [6, 6.07) is 16.4. The summed E-state index contributed by atoms with van der Waals surface area (Å²) in [7, 11) is 0. The Bertz CT molecular complexity index is 1050. The van der Waals surface area contributed by atoms with Crippen LogP contribution in [0.4, 0.5) is 10.5 Å². The van der Waals surface area contributed by atoms with Gasteiger partial charge in [0.25, 0.3) is 5.91 Å². The van der Waals surface area contributed by atoms with Crippen molar-refractivity contribution in [2.24, 2.45) is 0 Å². The first-order valence-corrected chi connectivity index (χ1v) is 8.78. The molecular weight excluding hydrogens is 370 g/mol. The maximum atomic E-state index is 12.9. The van der Waals surface area contributed by atoms with Crippen molar-refractivity contribution in [3.63, 3.8) is 0 Å². The van der Waals surface area contributed by atoms with Crippen molar-refractivity contribution in [2.75, 3.05) is 11.9 Å². The fourth-order valence-electron chi connectivity index (χ4n) is 3.06. The highest BCUT2D eigenvalue weighted by Crippen LogP contribution is 2.29. The highest BCUT2D eigenvalue weighted by molar-refractivity contribution is 6.10. The Hall–Kier alpha value is -4.17. The number of hydrogen-bond donors (Lipinski definition) is 2. The van der Waals surface area contributed by atoms with Crippen LogP contribution in [0.15, 0.2) is 48.5 Å². The van der Waals surface area contributed by atoms with Crippen LogP contribution in [0.2, 0.25) is 0 Å². The van der Waals surface area contributed by atoms with Gasteiger partial charge in [0, 0.05) is 5.69 Å². The van der Waals surface area contributed by atoms with E-state index in [9.17, 15) is 14.4 Å². The molecule has 0 saturated carbocycles. The summed E-state index contributed by atoms with van der Waals surface area (Å²) in [4.78, 5) is 38.4. The van der Waals surface area contributed by atoms with E-state index in [1.165, 1.54) is 0 Å². The van der Waals surface area contributed by atoms with Crippen LogP contribution >= 0.6 is 0 Å². The van der Waals surface area contributed by atoms with Crippen LogP contribution in [0.25, 0.3) is 0 Å². The van der Waals surface area contributed by atoms with Crippen LogP contribution in [-0.4, -0.2) is 29.3 Å². The fourth-order valence-corrected chi connectivity index (χ4v) is 3.06. The van der Waals surface area contributed by atoms with Gasteiger partial charge in [-0.05, 0) is 42.3 Å². The fraction of sp³-hybridized carbons (Fsp3) is 0.190. The van der Waals surface area contributed by atoms with Crippen LogP contribution in [0.3, 0.4) is 0 Å². The predicted molar refractivity (Wildman–Crippen MR) is 103 cm³/mol. The molecule has 1 saturated heterocycles. The standard InChI is InChI=1S/C21H17N5O3/c1-21(16-6-2-15(12-23)3-7-16)19(28)26(20(29)25-21)13-18(27)24-17-8-4-14(5-9-17)10-11-22/h2-9H,10,13H2,1H3,(H,24,27)(H,25,29). The summed E-state index contributed by atoms with van der Waals surface area (Å²) in [6.07, 6.45) is 0.268. The smallest absolute Gasteiger partial charge is 0.325 e. The molecule has 8 nitrogen and oxygen atoms in total. The van der Waals surface area contributed by atoms with E-state index >= 15 is 0 Å². The van der Waals surface area contributed by atoms with E-state index in [0.29, 0.717) is 16.8 Å². The first kappa shape index (κ1) is 19.6. The Morgan fingerprint density at radius 2 is 1.76 bits per heavy atom. The number of nitrogens with one attached hydrogen (secondary N) is 2. The topological polar surface area (TPSA) is 126 Å². The van der Waals surface area contributed by atoms with Gasteiger partial charge in [-0.25, -0.2) is 4.79 Å². The summed E-state index contributed by atoms with van der Waals surface area (Å²) in [5, 5.41) is 22.8. The van der Waals surface area contributed by atoms with Gasteiger partial charge in [-0.15, -0.1) is 0 Å². The minimum Gasteiger partial charge on any atom is -0.325 e. The molecule has 1 atom stereocenters. The Balaban J connectivity index is 1.70. The van der Waals surface area contributed by atoms with E-state index in [-0.39, 0.29) is 6.42 Å². The summed E-state index contributed by atoms with van der Waals surface area (Å²) in [5.74, 6) is -1.07. The summed E-state index contributed by atoms with van der Waals surface area (Å²) in [5.41, 5.74) is 0.956. The van der Waals surface area contributed by atoms with Crippen LogP contribution in [0.5, 0.6) is 0 Å². The number of hydrogen-bond acceptors (Lipinski definition) is 5. The molecule has 144 valence electrons. The molecule has 3 rings (SSSR count). The molecule has 2 aromatic rings. The number of imide groups is 1. The zero-order valence-electron chi connectivity index (χ0n) is 15.6. The van der Waals surface area contributed by atoms with Gasteiger partial charge in [0.15, 0.2) is 0 Å². The molecule has 0 aromatic heterocycles. The van der Waals surface area contributed by atoms with Crippen molar-refractivity contribution in [1.82, 2.24) is 10.2 Å². The largest absolute Gasteiger partial charge is 0.325 e. The zero-order chi connectivity index (χ0) is 21.0. The van der Waals surface area contributed by atoms with E-state index in [2.05, 4.69) is 10.6 Å². The quantitative estimate of drug-likeness (QED) is 0.759. The number of nitriles is 2. The molecule has 1 heterocycles. The van der Waals surface area contributed by atoms with E-state index in [0.717, 1.165) is 10.5 Å². The predicted octanol–water partition coefficient (Wildman–Crippen LogP) is 2.03. The highest BCUT2D eigenvalue weighted by Gasteiger charge is 2.49. The number of carbonyl (C=O) groups excluding carboxylic acids is 3. The molecule has 8 heteroatoms. The molecule has 0 spiro atoms. The molecule has 1 fully saturated rings. The van der Waals surface area contributed by atoms with Gasteiger partial charge in [0.2, 0.25) is 5.91 Å². The van der Waals surface area contributed by atoms with Crippen LogP contribution in [0.1, 0.15) is 23.6 Å². The Labute approximate surface area is 167 Å². The third kappa shape index (κ3) is 3.92. The number of nitrogens with zero attached hydrogens (tertiary/aromatic N) is 3. The second-order valence-electron chi connectivity index (χ2n) is 6.72. The van der Waals surface area contributed by atoms with Gasteiger partial charge in [0.05, 0.1) is 24.1 Å². The molecular formula is C21H17N5O3. The van der Waals surface area contributed by atoms with E-state index in [1.807, 2.05) is 12.1 Å². The van der Waals surface area contributed by atoms with Crippen molar-refractivity contribution in [1.29, 1.82) is 10.5 Å². The van der Waals surface area contributed by atoms with Crippen LogP contribution in [0, 0.1) is 22.7 Å². The number of benzene rings is 2. The number of carbonyl (C=O) groups is 3. The maximum Gasteiger partial charge on any atom is 0.325 e. The second-order valence-corrected chi connectivity index (χ2v) is 6.72. The lowest BCUT2D eigenvalue weighted by molar-refractivity contribution is -0.133. The third-order valence-electron chi connectivity index (χ3n) is 4.69. The van der Waals surface area contributed by atoms with Gasteiger partial charge < -0.3 is 10.6 Å². The minimum absolute atomic E-state index is 0.268. The first-order valence-electron chi connectivity index (χ1n) is 8.78. The van der Waals surface area contributed by atoms with Crippen molar-refractivity contribution in [3.05, 3.63) is 65.2 Å². The number of rotatable bonds is 5. The van der Waals surface area contributed by atoms with Gasteiger partial charge >= 0.3 is 6.03 Å². The van der Waals surface area contributed by atoms with Gasteiger partial charge in [0.1, 0.15) is 12.1 Å². The molecule has 29 heavy (non-hydrogen) atoms. The molecule has 2 N–H and O–H groups in total. The number of amides is 4. The lowest BCUT2D eigenvalue weighted by Crippen LogP contribution is -2.42. The van der Waals surface area contributed by atoms with Gasteiger partial charge in [-0.1, -0.05) is 24.3 Å². The van der Waals surface area contributed by atoms with E-state index in [1.54, 1.807) is 55.5 Å². The maximum absolute atomic E-state index is 12.9. The van der Waals surface area contributed by atoms with E-state index < -0.39 is 29.9 Å². The highest BCUT2D eigenvalue weighted by atomic mass is 16.2. The van der Waals surface area contributed by atoms with Crippen molar-refractivity contribution in [3.8, 4) is 12.1 Å². The minimum atomic E-state index is -1.32. The Morgan fingerprint density at radius 1 is 1.10 bits per heavy atom. The van der Waals surface area contributed by atoms with Crippen LogP contribution in [-0.2, 0) is 21.5 Å². The third-order valence-corrected chi connectivity index (χ3v) is 4.69. The average Bonchev–Trinajstić information content (AvgIpc) is 2.93. The van der Waals surface area contributed by atoms with Gasteiger partial charge in [-0.3, -0.25) is 14.5 Å². The molecule has 2 aromatic carbocycles. The lowest BCUT2D eigenvalue weighted by Gasteiger charge is -2.22. The zero-order valence-corrected chi connectivity index (χ0v) is 15.6. The SMILES string of the molecule is CC1(c2ccc(C#N)cc2)NC(=O)N(CC(=O)Nc2ccc(CC#N)cc2)C1=O. The molecule has 1 aliphatic heterocycles. The summed E-state index contributed by atoms with van der Waals surface area (Å²) >= 11 is 0. The monoisotopic (exact) mass is 387 g/mol. The lowest BCUT2D eigenvalue weighted by atomic mass is 9.91. The van der Waals surface area contributed by atoms with Crippen LogP contribution < -0.4 is 10.6 Å². The number of urea groups is 1.